The van der Waals surface area contributed by atoms with Crippen LogP contribution in [0.25, 0.3) is 0 Å². The van der Waals surface area contributed by atoms with Gasteiger partial charge in [-0.15, -0.1) is 0 Å². The molecule has 2 rings (SSSR count). The highest BCUT2D eigenvalue weighted by molar-refractivity contribution is 14.1. The predicted octanol–water partition coefficient (Wildman–Crippen LogP) is 2.49. The monoisotopic (exact) mass is 312 g/mol. The second-order valence-corrected chi connectivity index (χ2v) is 4.55. The number of aromatic nitrogens is 2. The molecule has 0 saturated carbocycles. The Kier molecular flexibility index (Phi) is 3.10. The third kappa shape index (κ3) is 2.16. The normalized spacial score (nSPS) is 23.4. The van der Waals surface area contributed by atoms with Crippen molar-refractivity contribution in [2.45, 2.75) is 18.9 Å². The van der Waals surface area contributed by atoms with Gasteiger partial charge in [-0.3, -0.25) is 4.68 Å². The second kappa shape index (κ2) is 4.14. The molecule has 1 unspecified atom stereocenters. The van der Waals surface area contributed by atoms with Gasteiger partial charge in [0.15, 0.2) is 0 Å². The van der Waals surface area contributed by atoms with E-state index in [4.69, 9.17) is 16.3 Å². The molecule has 72 valence electrons. The van der Waals surface area contributed by atoms with Crippen LogP contribution in [0.1, 0.15) is 18.9 Å². The Hall–Kier alpha value is 0.190. The van der Waals surface area contributed by atoms with Crippen LogP contribution in [0.4, 0.5) is 0 Å². The molecule has 1 fully saturated rings. The molecule has 0 aromatic carbocycles. The van der Waals surface area contributed by atoms with Gasteiger partial charge in [-0.25, -0.2) is 0 Å². The summed E-state index contributed by atoms with van der Waals surface area (Å²) in [5.41, 5.74) is 0. The Balaban J connectivity index is 2.14. The molecule has 0 amide bonds. The number of halogens is 2. The van der Waals surface area contributed by atoms with E-state index in [1.54, 1.807) is 0 Å². The first kappa shape index (κ1) is 9.73. The largest absolute Gasteiger partial charge is 0.379 e. The van der Waals surface area contributed by atoms with Crippen LogP contribution in [0.2, 0.25) is 5.02 Å². The van der Waals surface area contributed by atoms with Crippen molar-refractivity contribution >= 4 is 34.2 Å². The van der Waals surface area contributed by atoms with E-state index in [0.717, 1.165) is 34.8 Å². The minimum absolute atomic E-state index is 0.370. The van der Waals surface area contributed by atoms with Gasteiger partial charge in [0.1, 0.15) is 3.70 Å². The summed E-state index contributed by atoms with van der Waals surface area (Å²) in [7, 11) is 0. The molecule has 3 nitrogen and oxygen atoms in total. The Morgan fingerprint density at radius 2 is 2.54 bits per heavy atom. The van der Waals surface area contributed by atoms with E-state index in [1.165, 1.54) is 0 Å². The second-order valence-electron chi connectivity index (χ2n) is 3.12. The third-order valence-electron chi connectivity index (χ3n) is 2.16. The van der Waals surface area contributed by atoms with Crippen LogP contribution in [0, 0.1) is 3.70 Å². The summed E-state index contributed by atoms with van der Waals surface area (Å²) in [4.78, 5) is 0. The highest BCUT2D eigenvalue weighted by atomic mass is 127. The fourth-order valence-corrected chi connectivity index (χ4v) is 1.99. The fourth-order valence-electron chi connectivity index (χ4n) is 1.47. The average Bonchev–Trinajstić information content (AvgIpc) is 2.49. The number of hydrogen-bond acceptors (Lipinski definition) is 2. The minimum atomic E-state index is 0.370. The lowest BCUT2D eigenvalue weighted by molar-refractivity contribution is 0.0548. The first-order valence-electron chi connectivity index (χ1n) is 4.25. The Morgan fingerprint density at radius 3 is 3.08 bits per heavy atom. The summed E-state index contributed by atoms with van der Waals surface area (Å²) < 4.78 is 8.16. The van der Waals surface area contributed by atoms with Gasteiger partial charge in [0, 0.05) is 12.8 Å². The number of ether oxygens (including phenoxy) is 1. The highest BCUT2D eigenvalue weighted by Gasteiger charge is 2.17. The van der Waals surface area contributed by atoms with Crippen LogP contribution < -0.4 is 0 Å². The summed E-state index contributed by atoms with van der Waals surface area (Å²) >= 11 is 8.05. The Bertz CT molecular complexity index is 277. The highest BCUT2D eigenvalue weighted by Crippen LogP contribution is 2.23. The summed E-state index contributed by atoms with van der Waals surface area (Å²) in [6.07, 6.45) is 4.12. The third-order valence-corrected chi connectivity index (χ3v) is 3.55. The molecule has 0 N–H and O–H groups in total. The smallest absolute Gasteiger partial charge is 0.141 e. The number of hydrogen-bond donors (Lipinski definition) is 0. The van der Waals surface area contributed by atoms with E-state index >= 15 is 0 Å². The Morgan fingerprint density at radius 1 is 1.69 bits per heavy atom. The van der Waals surface area contributed by atoms with E-state index in [9.17, 15) is 0 Å². The first-order valence-corrected chi connectivity index (χ1v) is 5.71. The van der Waals surface area contributed by atoms with Crippen LogP contribution in [0.15, 0.2) is 6.20 Å². The van der Waals surface area contributed by atoms with Crippen LogP contribution in [0.3, 0.4) is 0 Å². The van der Waals surface area contributed by atoms with Crippen LogP contribution in [0.5, 0.6) is 0 Å². The molecular formula is C8H10ClIN2O. The fraction of sp³-hybridized carbons (Fsp3) is 0.625. The van der Waals surface area contributed by atoms with Crippen LogP contribution >= 0.6 is 34.2 Å². The topological polar surface area (TPSA) is 27.1 Å². The quantitative estimate of drug-likeness (QED) is 0.745. The molecule has 1 aromatic heterocycles. The molecule has 1 aliphatic rings. The number of rotatable bonds is 1. The maximum Gasteiger partial charge on any atom is 0.141 e. The van der Waals surface area contributed by atoms with Crippen molar-refractivity contribution in [2.75, 3.05) is 13.2 Å². The molecule has 13 heavy (non-hydrogen) atoms. The lowest BCUT2D eigenvalue weighted by Gasteiger charge is -2.22. The van der Waals surface area contributed by atoms with Crippen molar-refractivity contribution in [3.63, 3.8) is 0 Å². The predicted molar refractivity (Wildman–Crippen MR) is 59.0 cm³/mol. The van der Waals surface area contributed by atoms with Gasteiger partial charge in [-0.05, 0) is 35.4 Å². The summed E-state index contributed by atoms with van der Waals surface area (Å²) in [6, 6.07) is 0.370. The van der Waals surface area contributed by atoms with Gasteiger partial charge in [0.25, 0.3) is 0 Å². The summed E-state index contributed by atoms with van der Waals surface area (Å²) in [5.74, 6) is 0. The van der Waals surface area contributed by atoms with Crippen molar-refractivity contribution in [1.29, 1.82) is 0 Å². The SMILES string of the molecule is Clc1cn(C2CCCOC2)nc1I. The summed E-state index contributed by atoms with van der Waals surface area (Å²) in [6.45, 7) is 1.64. The van der Waals surface area contributed by atoms with Crippen molar-refractivity contribution in [3.05, 3.63) is 14.9 Å². The van der Waals surface area contributed by atoms with Gasteiger partial charge in [0.05, 0.1) is 17.7 Å². The van der Waals surface area contributed by atoms with Crippen molar-refractivity contribution in [3.8, 4) is 0 Å². The van der Waals surface area contributed by atoms with Crippen molar-refractivity contribution < 1.29 is 4.74 Å². The molecule has 1 aromatic rings. The molecule has 5 heteroatoms. The lowest BCUT2D eigenvalue weighted by atomic mass is 10.1. The standard InChI is InChI=1S/C8H10ClIN2O/c9-7-4-12(11-8(7)10)6-2-1-3-13-5-6/h4,6H,1-3,5H2. The molecule has 0 spiro atoms. The number of nitrogens with zero attached hydrogens (tertiary/aromatic N) is 2. The van der Waals surface area contributed by atoms with Gasteiger partial charge in [0.2, 0.25) is 0 Å². The molecule has 0 radical (unpaired) electrons. The molecule has 1 atom stereocenters. The zero-order chi connectivity index (χ0) is 9.26. The first-order chi connectivity index (χ1) is 6.27. The maximum atomic E-state index is 5.92. The van der Waals surface area contributed by atoms with Gasteiger partial charge < -0.3 is 4.74 Å². The maximum absolute atomic E-state index is 5.92. The molecule has 1 aliphatic heterocycles. The van der Waals surface area contributed by atoms with Crippen molar-refractivity contribution in [1.82, 2.24) is 9.78 Å². The van der Waals surface area contributed by atoms with Crippen LogP contribution in [-0.4, -0.2) is 23.0 Å². The van der Waals surface area contributed by atoms with Crippen LogP contribution in [-0.2, 0) is 4.74 Å². The zero-order valence-corrected chi connectivity index (χ0v) is 9.96. The van der Waals surface area contributed by atoms with E-state index in [-0.39, 0.29) is 0 Å². The molecule has 0 bridgehead atoms. The van der Waals surface area contributed by atoms with Crippen molar-refractivity contribution in [2.24, 2.45) is 0 Å². The van der Waals surface area contributed by atoms with E-state index in [0.29, 0.717) is 6.04 Å². The molecule has 1 saturated heterocycles. The minimum Gasteiger partial charge on any atom is -0.379 e. The molecular weight excluding hydrogens is 302 g/mol. The van der Waals surface area contributed by atoms with E-state index in [2.05, 4.69) is 27.7 Å². The van der Waals surface area contributed by atoms with Gasteiger partial charge in [-0.2, -0.15) is 5.10 Å². The van der Waals surface area contributed by atoms with Gasteiger partial charge in [-0.1, -0.05) is 11.6 Å². The van der Waals surface area contributed by atoms with Gasteiger partial charge >= 0.3 is 0 Å². The van der Waals surface area contributed by atoms with E-state index in [1.807, 2.05) is 10.9 Å². The zero-order valence-electron chi connectivity index (χ0n) is 7.04. The Labute approximate surface area is 95.5 Å². The lowest BCUT2D eigenvalue weighted by Crippen LogP contribution is -2.21. The molecule has 0 aliphatic carbocycles. The summed E-state index contributed by atoms with van der Waals surface area (Å²) in [5, 5.41) is 5.05. The molecule has 2 heterocycles. The average molecular weight is 313 g/mol. The van der Waals surface area contributed by atoms with E-state index < -0.39 is 0 Å².